The van der Waals surface area contributed by atoms with E-state index in [1.165, 1.54) is 20.3 Å². The highest BCUT2D eigenvalue weighted by atomic mass is 16.5. The second kappa shape index (κ2) is 8.12. The number of amides is 1. The number of rotatable bonds is 5. The fourth-order valence-electron chi connectivity index (χ4n) is 3.56. The maximum Gasteiger partial charge on any atom is 0.349 e. The smallest absolute Gasteiger partial charge is 0.349 e. The summed E-state index contributed by atoms with van der Waals surface area (Å²) in [6.07, 6.45) is 0. The number of nitrogens with zero attached hydrogens (tertiary/aromatic N) is 2. The molecular weight excluding hydrogens is 426 g/mol. The van der Waals surface area contributed by atoms with Crippen LogP contribution in [0.15, 0.2) is 74.3 Å². The fraction of sp³-hybridized carbons (Fsp3) is 0.0833. The Balaban J connectivity index is 1.49. The molecule has 3 aromatic carbocycles. The molecule has 1 amide bonds. The zero-order valence-electron chi connectivity index (χ0n) is 17.6. The van der Waals surface area contributed by atoms with Crippen molar-refractivity contribution in [3.63, 3.8) is 0 Å². The van der Waals surface area contributed by atoms with E-state index >= 15 is 0 Å². The second-order valence-electron chi connectivity index (χ2n) is 7.08. The molecule has 33 heavy (non-hydrogen) atoms. The van der Waals surface area contributed by atoms with Crippen molar-refractivity contribution in [1.29, 1.82) is 0 Å². The van der Waals surface area contributed by atoms with E-state index in [0.29, 0.717) is 28.0 Å². The number of hydrogen-bond acceptors (Lipinski definition) is 8. The Morgan fingerprint density at radius 3 is 2.58 bits per heavy atom. The molecule has 0 radical (unpaired) electrons. The van der Waals surface area contributed by atoms with E-state index in [0.717, 1.165) is 10.8 Å². The lowest BCUT2D eigenvalue weighted by atomic mass is 10.0. The highest BCUT2D eigenvalue weighted by molar-refractivity contribution is 6.10. The van der Waals surface area contributed by atoms with Crippen LogP contribution in [0.5, 0.6) is 11.5 Å². The van der Waals surface area contributed by atoms with Crippen LogP contribution in [0.1, 0.15) is 10.4 Å². The Hall–Kier alpha value is -4.66. The first-order chi connectivity index (χ1) is 16.1. The SMILES string of the molecule is COc1ccc(OC)c(-c2nnc(NC(=O)c3cc4c(ccc5ccccc54)oc3=O)o2)c1. The van der Waals surface area contributed by atoms with Gasteiger partial charge in [0, 0.05) is 5.39 Å². The number of ether oxygens (including phenoxy) is 2. The largest absolute Gasteiger partial charge is 0.497 e. The first-order valence-corrected chi connectivity index (χ1v) is 9.90. The summed E-state index contributed by atoms with van der Waals surface area (Å²) in [5, 5.41) is 12.7. The van der Waals surface area contributed by atoms with E-state index in [1.807, 2.05) is 30.3 Å². The molecule has 0 aliphatic rings. The predicted octanol–water partition coefficient (Wildman–Crippen LogP) is 4.27. The number of fused-ring (bicyclic) bond motifs is 3. The molecule has 0 saturated heterocycles. The normalized spacial score (nSPS) is 11.0. The molecule has 0 atom stereocenters. The minimum Gasteiger partial charge on any atom is -0.497 e. The van der Waals surface area contributed by atoms with Gasteiger partial charge in [-0.05, 0) is 41.1 Å². The van der Waals surface area contributed by atoms with Crippen LogP contribution in [0, 0.1) is 0 Å². The molecule has 0 fully saturated rings. The molecule has 0 unspecified atom stereocenters. The first-order valence-electron chi connectivity index (χ1n) is 9.90. The van der Waals surface area contributed by atoms with Crippen LogP contribution in [0.4, 0.5) is 6.01 Å². The summed E-state index contributed by atoms with van der Waals surface area (Å²) in [5.74, 6) is 0.430. The molecule has 0 bridgehead atoms. The Morgan fingerprint density at radius 1 is 0.909 bits per heavy atom. The van der Waals surface area contributed by atoms with Gasteiger partial charge in [0.1, 0.15) is 22.6 Å². The third kappa shape index (κ3) is 3.65. The summed E-state index contributed by atoms with van der Waals surface area (Å²) in [6, 6.07) is 17.6. The number of carbonyl (C=O) groups excluding carboxylic acids is 1. The minimum absolute atomic E-state index is 0.109. The summed E-state index contributed by atoms with van der Waals surface area (Å²) in [6.45, 7) is 0. The highest BCUT2D eigenvalue weighted by Gasteiger charge is 2.20. The van der Waals surface area contributed by atoms with Gasteiger partial charge in [-0.2, -0.15) is 0 Å². The molecular formula is C24H17N3O6. The van der Waals surface area contributed by atoms with E-state index in [2.05, 4.69) is 15.5 Å². The van der Waals surface area contributed by atoms with Gasteiger partial charge in [0.05, 0.1) is 19.8 Å². The maximum atomic E-state index is 12.8. The molecule has 5 aromatic rings. The van der Waals surface area contributed by atoms with Crippen molar-refractivity contribution in [2.45, 2.75) is 0 Å². The van der Waals surface area contributed by atoms with Crippen LogP contribution >= 0.6 is 0 Å². The minimum atomic E-state index is -0.774. The second-order valence-corrected chi connectivity index (χ2v) is 7.08. The maximum absolute atomic E-state index is 12.8. The van der Waals surface area contributed by atoms with Crippen molar-refractivity contribution in [2.75, 3.05) is 19.5 Å². The monoisotopic (exact) mass is 443 g/mol. The molecule has 2 heterocycles. The molecule has 5 rings (SSSR count). The molecule has 0 aliphatic carbocycles. The van der Waals surface area contributed by atoms with Gasteiger partial charge in [-0.15, -0.1) is 5.10 Å². The molecule has 1 N–H and O–H groups in total. The van der Waals surface area contributed by atoms with Crippen molar-refractivity contribution < 1.29 is 23.1 Å². The molecule has 164 valence electrons. The van der Waals surface area contributed by atoms with E-state index in [1.54, 1.807) is 24.3 Å². The van der Waals surface area contributed by atoms with Crippen LogP contribution < -0.4 is 20.4 Å². The average molecular weight is 443 g/mol. The summed E-state index contributed by atoms with van der Waals surface area (Å²) >= 11 is 0. The van der Waals surface area contributed by atoms with Gasteiger partial charge in [-0.25, -0.2) is 4.79 Å². The first kappa shape index (κ1) is 20.3. The fourth-order valence-corrected chi connectivity index (χ4v) is 3.56. The van der Waals surface area contributed by atoms with Gasteiger partial charge >= 0.3 is 11.6 Å². The van der Waals surface area contributed by atoms with Gasteiger partial charge < -0.3 is 18.3 Å². The highest BCUT2D eigenvalue weighted by Crippen LogP contribution is 2.33. The molecule has 9 nitrogen and oxygen atoms in total. The van der Waals surface area contributed by atoms with Crippen molar-refractivity contribution in [2.24, 2.45) is 0 Å². The molecule has 0 aliphatic heterocycles. The zero-order chi connectivity index (χ0) is 22.9. The Bertz CT molecular complexity index is 1570. The number of hydrogen-bond donors (Lipinski definition) is 1. The standard InChI is InChI=1S/C24H17N3O6/c1-30-14-8-10-19(31-2)17(11-14)22-26-27-24(33-22)25-21(28)18-12-16-15-6-4-3-5-13(15)7-9-20(16)32-23(18)29/h3-12H,1-2H3,(H,25,27,28). The Labute approximate surface area is 186 Å². The van der Waals surface area contributed by atoms with Crippen molar-refractivity contribution in [3.8, 4) is 23.0 Å². The van der Waals surface area contributed by atoms with Gasteiger partial charge in [0.2, 0.25) is 0 Å². The third-order valence-corrected chi connectivity index (χ3v) is 5.17. The number of methoxy groups -OCH3 is 2. The van der Waals surface area contributed by atoms with Crippen LogP contribution in [-0.4, -0.2) is 30.3 Å². The molecule has 9 heteroatoms. The number of benzene rings is 3. The lowest BCUT2D eigenvalue weighted by Gasteiger charge is -2.07. The van der Waals surface area contributed by atoms with E-state index in [4.69, 9.17) is 18.3 Å². The summed E-state index contributed by atoms with van der Waals surface area (Å²) < 4.78 is 21.5. The Morgan fingerprint density at radius 2 is 1.76 bits per heavy atom. The van der Waals surface area contributed by atoms with Gasteiger partial charge in [-0.1, -0.05) is 35.4 Å². The number of anilines is 1. The number of aromatic nitrogens is 2. The van der Waals surface area contributed by atoms with E-state index in [9.17, 15) is 9.59 Å². The molecule has 2 aromatic heterocycles. The van der Waals surface area contributed by atoms with Crippen LogP contribution in [-0.2, 0) is 0 Å². The zero-order valence-corrected chi connectivity index (χ0v) is 17.6. The molecule has 0 saturated carbocycles. The van der Waals surface area contributed by atoms with Crippen molar-refractivity contribution in [1.82, 2.24) is 10.2 Å². The van der Waals surface area contributed by atoms with Crippen LogP contribution in [0.25, 0.3) is 33.2 Å². The summed E-state index contributed by atoms with van der Waals surface area (Å²) in [5.41, 5.74) is -0.0796. The van der Waals surface area contributed by atoms with Crippen LogP contribution in [0.2, 0.25) is 0 Å². The number of carbonyl (C=O) groups is 1. The Kier molecular flexibility index (Phi) is 4.98. The van der Waals surface area contributed by atoms with E-state index in [-0.39, 0.29) is 17.5 Å². The lowest BCUT2D eigenvalue weighted by molar-refractivity contribution is 0.102. The quantitative estimate of drug-likeness (QED) is 0.316. The summed E-state index contributed by atoms with van der Waals surface area (Å²) in [7, 11) is 3.04. The van der Waals surface area contributed by atoms with Crippen LogP contribution in [0.3, 0.4) is 0 Å². The van der Waals surface area contributed by atoms with Crippen molar-refractivity contribution >= 4 is 33.7 Å². The third-order valence-electron chi connectivity index (χ3n) is 5.17. The lowest BCUT2D eigenvalue weighted by Crippen LogP contribution is -2.20. The van der Waals surface area contributed by atoms with Gasteiger partial charge in [-0.3, -0.25) is 10.1 Å². The topological polar surface area (TPSA) is 117 Å². The number of nitrogens with one attached hydrogen (secondary N) is 1. The van der Waals surface area contributed by atoms with Gasteiger partial charge in [0.15, 0.2) is 0 Å². The van der Waals surface area contributed by atoms with Crippen molar-refractivity contribution in [3.05, 3.63) is 76.6 Å². The predicted molar refractivity (Wildman–Crippen MR) is 121 cm³/mol. The average Bonchev–Trinajstić information content (AvgIpc) is 3.31. The van der Waals surface area contributed by atoms with Gasteiger partial charge in [0.25, 0.3) is 11.8 Å². The van der Waals surface area contributed by atoms with E-state index < -0.39 is 11.5 Å². The molecule has 0 spiro atoms. The summed E-state index contributed by atoms with van der Waals surface area (Å²) in [4.78, 5) is 25.3.